The summed E-state index contributed by atoms with van der Waals surface area (Å²) in [6, 6.07) is 5.00. The summed E-state index contributed by atoms with van der Waals surface area (Å²) in [5.74, 6) is 0.0160. The van der Waals surface area contributed by atoms with Crippen LogP contribution in [0.15, 0.2) is 36.9 Å². The van der Waals surface area contributed by atoms with Gasteiger partial charge in [-0.15, -0.1) is 0 Å². The van der Waals surface area contributed by atoms with Crippen molar-refractivity contribution in [1.82, 2.24) is 4.57 Å². The molecular weight excluding hydrogens is 243 g/mol. The maximum atomic E-state index is 13.5. The van der Waals surface area contributed by atoms with Gasteiger partial charge in [0.05, 0.1) is 6.54 Å². The molecule has 2 rings (SSSR count). The summed E-state index contributed by atoms with van der Waals surface area (Å²) >= 11 is 0. The van der Waals surface area contributed by atoms with E-state index in [0.29, 0.717) is 18.9 Å². The monoisotopic (exact) mass is 265 g/mol. The van der Waals surface area contributed by atoms with Gasteiger partial charge in [0.15, 0.2) is 11.6 Å². The Hall–Kier alpha value is -1.84. The Morgan fingerprint density at radius 3 is 2.79 bits per heavy atom. The zero-order valence-corrected chi connectivity index (χ0v) is 10.8. The highest BCUT2D eigenvalue weighted by atomic mass is 19.1. The number of halogens is 1. The lowest BCUT2D eigenvalue weighted by Gasteiger charge is -2.06. The SMILES string of the molecule is C.CCn1cc[n+](CCOc2ccc(C)cc2F)c1. The molecule has 0 saturated carbocycles. The lowest BCUT2D eigenvalue weighted by Crippen LogP contribution is -2.34. The summed E-state index contributed by atoms with van der Waals surface area (Å²) in [7, 11) is 0. The van der Waals surface area contributed by atoms with Crippen molar-refractivity contribution in [3.63, 3.8) is 0 Å². The van der Waals surface area contributed by atoms with Gasteiger partial charge in [0.2, 0.25) is 6.33 Å². The summed E-state index contributed by atoms with van der Waals surface area (Å²) < 4.78 is 23.0. The van der Waals surface area contributed by atoms with Crippen LogP contribution >= 0.6 is 0 Å². The average molecular weight is 265 g/mol. The van der Waals surface area contributed by atoms with Gasteiger partial charge in [-0.05, 0) is 31.5 Å². The fourth-order valence-electron chi connectivity index (χ4n) is 1.74. The maximum absolute atomic E-state index is 13.5. The van der Waals surface area contributed by atoms with Crippen LogP contribution in [0.1, 0.15) is 19.9 Å². The predicted octanol–water partition coefficient (Wildman–Crippen LogP) is 2.96. The molecule has 0 N–H and O–H groups in total. The first kappa shape index (κ1) is 15.2. The van der Waals surface area contributed by atoms with Crippen molar-refractivity contribution < 1.29 is 13.7 Å². The van der Waals surface area contributed by atoms with Crippen LogP contribution in [0.3, 0.4) is 0 Å². The van der Waals surface area contributed by atoms with Gasteiger partial charge in [-0.2, -0.15) is 0 Å². The number of hydrogen-bond acceptors (Lipinski definition) is 1. The van der Waals surface area contributed by atoms with Gasteiger partial charge in [-0.1, -0.05) is 13.5 Å². The Bertz CT molecular complexity index is 523. The molecule has 4 heteroatoms. The van der Waals surface area contributed by atoms with E-state index in [1.54, 1.807) is 6.07 Å². The highest BCUT2D eigenvalue weighted by Gasteiger charge is 2.05. The van der Waals surface area contributed by atoms with Gasteiger partial charge in [0, 0.05) is 0 Å². The topological polar surface area (TPSA) is 18.0 Å². The Kier molecular flexibility index (Phi) is 5.55. The largest absolute Gasteiger partial charge is 0.486 e. The first-order valence-electron chi connectivity index (χ1n) is 6.13. The summed E-state index contributed by atoms with van der Waals surface area (Å²) in [6.07, 6.45) is 6.00. The van der Waals surface area contributed by atoms with E-state index in [1.807, 2.05) is 36.3 Å². The normalized spacial score (nSPS) is 10.1. The van der Waals surface area contributed by atoms with Gasteiger partial charge in [-0.25, -0.2) is 13.5 Å². The highest BCUT2D eigenvalue weighted by molar-refractivity contribution is 5.28. The molecule has 1 heterocycles. The van der Waals surface area contributed by atoms with Crippen LogP contribution in [0, 0.1) is 12.7 Å². The number of hydrogen-bond donors (Lipinski definition) is 0. The highest BCUT2D eigenvalue weighted by Crippen LogP contribution is 2.17. The third-order valence-electron chi connectivity index (χ3n) is 2.81. The molecule has 19 heavy (non-hydrogen) atoms. The minimum absolute atomic E-state index is 0. The molecule has 0 radical (unpaired) electrons. The summed E-state index contributed by atoms with van der Waals surface area (Å²) in [5, 5.41) is 0. The quantitative estimate of drug-likeness (QED) is 0.760. The molecular formula is C15H22FN2O+. The molecule has 0 unspecified atom stereocenters. The molecule has 0 atom stereocenters. The Labute approximate surface area is 114 Å². The predicted molar refractivity (Wildman–Crippen MR) is 73.7 cm³/mol. The number of ether oxygens (including phenoxy) is 1. The molecule has 0 aliphatic heterocycles. The molecule has 0 spiro atoms. The number of aryl methyl sites for hydroxylation is 2. The number of benzene rings is 1. The van der Waals surface area contributed by atoms with Crippen molar-refractivity contribution in [3.05, 3.63) is 48.3 Å². The standard InChI is InChI=1S/C14H18FN2O.CH4/c1-3-16-6-7-17(11-16)8-9-18-14-5-4-12(2)10-13(14)15;/h4-7,10-11H,3,8-9H2,1-2H3;1H4/q+1;. The lowest BCUT2D eigenvalue weighted by atomic mass is 10.2. The van der Waals surface area contributed by atoms with Crippen LogP contribution in [-0.2, 0) is 13.1 Å². The van der Waals surface area contributed by atoms with E-state index in [0.717, 1.165) is 12.1 Å². The van der Waals surface area contributed by atoms with E-state index < -0.39 is 0 Å². The molecule has 0 bridgehead atoms. The second-order valence-electron chi connectivity index (χ2n) is 4.26. The third kappa shape index (κ3) is 4.09. The van der Waals surface area contributed by atoms with E-state index in [2.05, 4.69) is 11.5 Å². The van der Waals surface area contributed by atoms with E-state index in [1.165, 1.54) is 6.07 Å². The molecule has 0 fully saturated rings. The molecule has 0 aliphatic carbocycles. The van der Waals surface area contributed by atoms with Gasteiger partial charge >= 0.3 is 0 Å². The van der Waals surface area contributed by atoms with Gasteiger partial charge < -0.3 is 4.74 Å². The van der Waals surface area contributed by atoms with Crippen molar-refractivity contribution in [3.8, 4) is 5.75 Å². The smallest absolute Gasteiger partial charge is 0.243 e. The van der Waals surface area contributed by atoms with Crippen LogP contribution < -0.4 is 9.30 Å². The third-order valence-corrected chi connectivity index (χ3v) is 2.81. The van der Waals surface area contributed by atoms with Crippen LogP contribution in [0.2, 0.25) is 0 Å². The van der Waals surface area contributed by atoms with Crippen LogP contribution in [0.4, 0.5) is 4.39 Å². The van der Waals surface area contributed by atoms with Crippen LogP contribution in [0.25, 0.3) is 0 Å². The number of rotatable bonds is 5. The zero-order chi connectivity index (χ0) is 13.0. The zero-order valence-electron chi connectivity index (χ0n) is 10.8. The summed E-state index contributed by atoms with van der Waals surface area (Å²) in [6.45, 7) is 6.05. The van der Waals surface area contributed by atoms with E-state index >= 15 is 0 Å². The van der Waals surface area contributed by atoms with E-state index in [-0.39, 0.29) is 13.2 Å². The number of aromatic nitrogens is 2. The molecule has 0 aliphatic rings. The van der Waals surface area contributed by atoms with E-state index in [4.69, 9.17) is 4.74 Å². The van der Waals surface area contributed by atoms with Gasteiger partial charge in [0.1, 0.15) is 25.5 Å². The average Bonchev–Trinajstić information content (AvgIpc) is 2.80. The molecule has 0 saturated heterocycles. The van der Waals surface area contributed by atoms with Crippen molar-refractivity contribution >= 4 is 0 Å². The second-order valence-corrected chi connectivity index (χ2v) is 4.26. The molecule has 1 aromatic carbocycles. The maximum Gasteiger partial charge on any atom is 0.243 e. The molecule has 104 valence electrons. The molecule has 0 amide bonds. The number of imidazole rings is 1. The number of nitrogens with zero attached hydrogens (tertiary/aromatic N) is 2. The molecule has 3 nitrogen and oxygen atoms in total. The fraction of sp³-hybridized carbons (Fsp3) is 0.400. The van der Waals surface area contributed by atoms with Crippen molar-refractivity contribution in [2.24, 2.45) is 0 Å². The second kappa shape index (κ2) is 6.92. The van der Waals surface area contributed by atoms with Gasteiger partial charge in [0.25, 0.3) is 0 Å². The van der Waals surface area contributed by atoms with E-state index in [9.17, 15) is 4.39 Å². The molecule has 2 aromatic rings. The first-order valence-corrected chi connectivity index (χ1v) is 6.13. The van der Waals surface area contributed by atoms with Crippen molar-refractivity contribution in [1.29, 1.82) is 0 Å². The minimum Gasteiger partial charge on any atom is -0.486 e. The fourth-order valence-corrected chi connectivity index (χ4v) is 1.74. The summed E-state index contributed by atoms with van der Waals surface area (Å²) in [5.41, 5.74) is 0.897. The first-order chi connectivity index (χ1) is 8.69. The minimum atomic E-state index is -0.300. The van der Waals surface area contributed by atoms with Gasteiger partial charge in [-0.3, -0.25) is 0 Å². The Morgan fingerprint density at radius 2 is 2.16 bits per heavy atom. The Morgan fingerprint density at radius 1 is 1.37 bits per heavy atom. The van der Waals surface area contributed by atoms with Crippen LogP contribution in [0.5, 0.6) is 5.75 Å². The lowest BCUT2D eigenvalue weighted by molar-refractivity contribution is -0.697. The van der Waals surface area contributed by atoms with Crippen LogP contribution in [-0.4, -0.2) is 11.2 Å². The van der Waals surface area contributed by atoms with Crippen molar-refractivity contribution in [2.45, 2.75) is 34.4 Å². The van der Waals surface area contributed by atoms with Crippen molar-refractivity contribution in [2.75, 3.05) is 6.61 Å². The Balaban J connectivity index is 0.00000180. The molecule has 1 aromatic heterocycles. The summed E-state index contributed by atoms with van der Waals surface area (Å²) in [4.78, 5) is 0.